The molecular weight excluding hydrogens is 260 g/mol. The van der Waals surface area contributed by atoms with Crippen molar-refractivity contribution in [2.24, 2.45) is 11.8 Å². The SMILES string of the molecule is CCNc1ncc(Cl)c(NC2CCCC(C)C2C)n1. The van der Waals surface area contributed by atoms with Gasteiger partial charge in [-0.05, 0) is 25.2 Å². The van der Waals surface area contributed by atoms with Crippen molar-refractivity contribution in [2.45, 2.75) is 46.1 Å². The molecule has 0 radical (unpaired) electrons. The predicted molar refractivity (Wildman–Crippen MR) is 80.8 cm³/mol. The normalized spacial score (nSPS) is 27.1. The zero-order valence-corrected chi connectivity index (χ0v) is 12.7. The molecule has 2 N–H and O–H groups in total. The highest BCUT2D eigenvalue weighted by molar-refractivity contribution is 6.32. The molecule has 1 aromatic heterocycles. The molecule has 0 spiro atoms. The Hall–Kier alpha value is -1.03. The topological polar surface area (TPSA) is 49.8 Å². The average Bonchev–Trinajstić information content (AvgIpc) is 2.39. The number of anilines is 2. The maximum atomic E-state index is 6.18. The van der Waals surface area contributed by atoms with Crippen LogP contribution >= 0.6 is 11.6 Å². The molecule has 2 rings (SSSR count). The van der Waals surface area contributed by atoms with Crippen molar-refractivity contribution >= 4 is 23.4 Å². The first-order valence-electron chi connectivity index (χ1n) is 7.14. The zero-order chi connectivity index (χ0) is 13.8. The van der Waals surface area contributed by atoms with Gasteiger partial charge >= 0.3 is 0 Å². The second-order valence-corrected chi connectivity index (χ2v) is 5.85. The lowest BCUT2D eigenvalue weighted by atomic mass is 9.78. The van der Waals surface area contributed by atoms with Crippen LogP contribution in [0.2, 0.25) is 5.02 Å². The molecule has 1 saturated carbocycles. The summed E-state index contributed by atoms with van der Waals surface area (Å²) in [7, 11) is 0. The molecule has 0 bridgehead atoms. The Morgan fingerprint density at radius 1 is 1.37 bits per heavy atom. The molecule has 3 unspecified atom stereocenters. The van der Waals surface area contributed by atoms with Crippen LogP contribution in [0.4, 0.5) is 11.8 Å². The fourth-order valence-electron chi connectivity index (χ4n) is 2.67. The van der Waals surface area contributed by atoms with Crippen molar-refractivity contribution in [3.05, 3.63) is 11.2 Å². The first kappa shape index (κ1) is 14.4. The van der Waals surface area contributed by atoms with E-state index in [1.807, 2.05) is 6.92 Å². The molecule has 0 amide bonds. The lowest BCUT2D eigenvalue weighted by Gasteiger charge is -2.35. The Balaban J connectivity index is 2.11. The first-order chi connectivity index (χ1) is 9.11. The Bertz CT molecular complexity index is 424. The van der Waals surface area contributed by atoms with Crippen LogP contribution in [-0.4, -0.2) is 22.6 Å². The molecule has 0 saturated heterocycles. The van der Waals surface area contributed by atoms with E-state index in [9.17, 15) is 0 Å². The molecule has 19 heavy (non-hydrogen) atoms. The summed E-state index contributed by atoms with van der Waals surface area (Å²) in [4.78, 5) is 8.61. The summed E-state index contributed by atoms with van der Waals surface area (Å²) >= 11 is 6.18. The summed E-state index contributed by atoms with van der Waals surface area (Å²) in [6.45, 7) is 7.46. The Morgan fingerprint density at radius 3 is 2.89 bits per heavy atom. The highest BCUT2D eigenvalue weighted by atomic mass is 35.5. The van der Waals surface area contributed by atoms with Crippen LogP contribution in [0.15, 0.2) is 6.20 Å². The standard InChI is InChI=1S/C14H23ClN4/c1-4-16-14-17-8-11(15)13(19-14)18-12-7-5-6-9(2)10(12)3/h8-10,12H,4-7H2,1-3H3,(H2,16,17,18,19). The quantitative estimate of drug-likeness (QED) is 0.882. The molecule has 1 aromatic rings. The fraction of sp³-hybridized carbons (Fsp3) is 0.714. The van der Waals surface area contributed by atoms with Gasteiger partial charge in [0.2, 0.25) is 5.95 Å². The van der Waals surface area contributed by atoms with Gasteiger partial charge < -0.3 is 10.6 Å². The van der Waals surface area contributed by atoms with Gasteiger partial charge in [0.05, 0.1) is 6.20 Å². The maximum Gasteiger partial charge on any atom is 0.224 e. The van der Waals surface area contributed by atoms with E-state index in [-0.39, 0.29) is 0 Å². The van der Waals surface area contributed by atoms with Crippen LogP contribution in [0, 0.1) is 11.8 Å². The number of rotatable bonds is 4. The summed E-state index contributed by atoms with van der Waals surface area (Å²) in [6.07, 6.45) is 5.43. The van der Waals surface area contributed by atoms with E-state index in [0.717, 1.165) is 18.3 Å². The number of hydrogen-bond donors (Lipinski definition) is 2. The van der Waals surface area contributed by atoms with Gasteiger partial charge in [-0.2, -0.15) is 4.98 Å². The van der Waals surface area contributed by atoms with E-state index >= 15 is 0 Å². The number of hydrogen-bond acceptors (Lipinski definition) is 4. The van der Waals surface area contributed by atoms with Crippen LogP contribution in [0.5, 0.6) is 0 Å². The highest BCUT2D eigenvalue weighted by Gasteiger charge is 2.27. The molecular formula is C14H23ClN4. The van der Waals surface area contributed by atoms with Crippen molar-refractivity contribution in [1.29, 1.82) is 0 Å². The third-order valence-corrected chi connectivity index (χ3v) is 4.38. The number of aromatic nitrogens is 2. The van der Waals surface area contributed by atoms with Gasteiger partial charge in [0.15, 0.2) is 5.82 Å². The van der Waals surface area contributed by atoms with Gasteiger partial charge in [0.1, 0.15) is 5.02 Å². The Kier molecular flexibility index (Phi) is 4.86. The third kappa shape index (κ3) is 3.50. The summed E-state index contributed by atoms with van der Waals surface area (Å²) < 4.78 is 0. The van der Waals surface area contributed by atoms with Crippen molar-refractivity contribution in [3.8, 4) is 0 Å². The fourth-order valence-corrected chi connectivity index (χ4v) is 2.82. The monoisotopic (exact) mass is 282 g/mol. The van der Waals surface area contributed by atoms with E-state index < -0.39 is 0 Å². The Labute approximate surface area is 120 Å². The van der Waals surface area contributed by atoms with E-state index in [4.69, 9.17) is 11.6 Å². The van der Waals surface area contributed by atoms with Crippen LogP contribution in [0.25, 0.3) is 0 Å². The molecule has 3 atom stereocenters. The highest BCUT2D eigenvalue weighted by Crippen LogP contribution is 2.32. The van der Waals surface area contributed by atoms with E-state index in [2.05, 4.69) is 34.4 Å². The van der Waals surface area contributed by atoms with Crippen molar-refractivity contribution in [3.63, 3.8) is 0 Å². The minimum Gasteiger partial charge on any atom is -0.366 e. The second kappa shape index (κ2) is 6.42. The molecule has 1 aliphatic carbocycles. The molecule has 5 heteroatoms. The van der Waals surface area contributed by atoms with E-state index in [1.165, 1.54) is 19.3 Å². The van der Waals surface area contributed by atoms with E-state index in [1.54, 1.807) is 6.20 Å². The van der Waals surface area contributed by atoms with Crippen molar-refractivity contribution in [2.75, 3.05) is 17.2 Å². The lowest BCUT2D eigenvalue weighted by Crippen LogP contribution is -2.35. The molecule has 1 aliphatic rings. The van der Waals surface area contributed by atoms with Crippen molar-refractivity contribution in [1.82, 2.24) is 9.97 Å². The number of nitrogens with zero attached hydrogens (tertiary/aromatic N) is 2. The average molecular weight is 283 g/mol. The van der Waals surface area contributed by atoms with E-state index in [0.29, 0.717) is 22.9 Å². The summed E-state index contributed by atoms with van der Waals surface area (Å²) in [5, 5.41) is 7.21. The van der Waals surface area contributed by atoms with Crippen LogP contribution in [-0.2, 0) is 0 Å². The lowest BCUT2D eigenvalue weighted by molar-refractivity contribution is 0.253. The van der Waals surface area contributed by atoms with Gasteiger partial charge in [0.25, 0.3) is 0 Å². The molecule has 0 aliphatic heterocycles. The third-order valence-electron chi connectivity index (χ3n) is 4.11. The van der Waals surface area contributed by atoms with Gasteiger partial charge in [-0.25, -0.2) is 4.98 Å². The smallest absolute Gasteiger partial charge is 0.224 e. The summed E-state index contributed by atoms with van der Waals surface area (Å²) in [5.41, 5.74) is 0. The van der Waals surface area contributed by atoms with Gasteiger partial charge in [-0.15, -0.1) is 0 Å². The minimum absolute atomic E-state index is 0.450. The zero-order valence-electron chi connectivity index (χ0n) is 11.9. The van der Waals surface area contributed by atoms with Gasteiger partial charge in [0, 0.05) is 12.6 Å². The molecule has 1 heterocycles. The minimum atomic E-state index is 0.450. The largest absolute Gasteiger partial charge is 0.366 e. The second-order valence-electron chi connectivity index (χ2n) is 5.44. The van der Waals surface area contributed by atoms with Crippen molar-refractivity contribution < 1.29 is 0 Å². The number of halogens is 1. The maximum absolute atomic E-state index is 6.18. The van der Waals surface area contributed by atoms with Crippen LogP contribution in [0.1, 0.15) is 40.0 Å². The molecule has 4 nitrogen and oxygen atoms in total. The number of nitrogens with one attached hydrogen (secondary N) is 2. The first-order valence-corrected chi connectivity index (χ1v) is 7.52. The molecule has 106 valence electrons. The summed E-state index contributed by atoms with van der Waals surface area (Å²) in [6, 6.07) is 0.450. The molecule has 0 aromatic carbocycles. The molecule has 1 fully saturated rings. The van der Waals surface area contributed by atoms with Crippen LogP contribution in [0.3, 0.4) is 0 Å². The van der Waals surface area contributed by atoms with Crippen LogP contribution < -0.4 is 10.6 Å². The Morgan fingerprint density at radius 2 is 2.16 bits per heavy atom. The van der Waals surface area contributed by atoms with Gasteiger partial charge in [-0.1, -0.05) is 38.3 Å². The summed E-state index contributed by atoms with van der Waals surface area (Å²) in [5.74, 6) is 2.77. The van der Waals surface area contributed by atoms with Gasteiger partial charge in [-0.3, -0.25) is 0 Å². The predicted octanol–water partition coefficient (Wildman–Crippen LogP) is 3.80.